The number of nitrogens with one attached hydrogen (secondary N) is 1. The molecular formula is C20H19Cl2F3N2O3S. The number of rotatable bonds is 5. The monoisotopic (exact) mass is 494 g/mol. The van der Waals surface area contributed by atoms with Crippen molar-refractivity contribution in [3.8, 4) is 0 Å². The van der Waals surface area contributed by atoms with Crippen molar-refractivity contribution in [2.24, 2.45) is 5.92 Å². The Bertz CT molecular complexity index is 1070. The van der Waals surface area contributed by atoms with Crippen LogP contribution in [-0.2, 0) is 27.5 Å². The molecule has 1 aliphatic rings. The second kappa shape index (κ2) is 9.36. The molecule has 0 unspecified atom stereocenters. The minimum Gasteiger partial charge on any atom is -0.352 e. The van der Waals surface area contributed by atoms with Gasteiger partial charge in [0, 0.05) is 30.6 Å². The van der Waals surface area contributed by atoms with Crippen LogP contribution in [0.25, 0.3) is 0 Å². The molecule has 0 spiro atoms. The zero-order chi connectivity index (χ0) is 22.8. The molecule has 0 bridgehead atoms. The van der Waals surface area contributed by atoms with Crippen molar-refractivity contribution in [3.05, 3.63) is 63.6 Å². The van der Waals surface area contributed by atoms with Crippen LogP contribution in [0.1, 0.15) is 24.0 Å². The predicted octanol–water partition coefficient (Wildman–Crippen LogP) is 4.73. The summed E-state index contributed by atoms with van der Waals surface area (Å²) in [6.07, 6.45) is -3.89. The van der Waals surface area contributed by atoms with Crippen molar-refractivity contribution < 1.29 is 26.4 Å². The van der Waals surface area contributed by atoms with Gasteiger partial charge in [-0.2, -0.15) is 17.5 Å². The fourth-order valence-electron chi connectivity index (χ4n) is 3.36. The summed E-state index contributed by atoms with van der Waals surface area (Å²) in [5, 5.41) is 2.94. The van der Waals surface area contributed by atoms with Crippen LogP contribution in [0.2, 0.25) is 10.0 Å². The van der Waals surface area contributed by atoms with Crippen molar-refractivity contribution in [1.82, 2.24) is 9.62 Å². The topological polar surface area (TPSA) is 66.5 Å². The highest BCUT2D eigenvalue weighted by Gasteiger charge is 2.33. The van der Waals surface area contributed by atoms with Gasteiger partial charge in [0.05, 0.1) is 10.6 Å². The maximum absolute atomic E-state index is 12.9. The first-order chi connectivity index (χ1) is 14.5. The molecule has 1 heterocycles. The number of hydrogen-bond donors (Lipinski definition) is 1. The number of sulfonamides is 1. The Labute approximate surface area is 188 Å². The van der Waals surface area contributed by atoms with Crippen LogP contribution in [0.15, 0.2) is 47.4 Å². The zero-order valence-electron chi connectivity index (χ0n) is 16.1. The lowest BCUT2D eigenvalue weighted by Crippen LogP contribution is -2.42. The first-order valence-corrected chi connectivity index (χ1v) is 11.6. The second-order valence-electron chi connectivity index (χ2n) is 7.17. The van der Waals surface area contributed by atoms with Crippen LogP contribution >= 0.6 is 23.2 Å². The number of nitrogens with zero attached hydrogens (tertiary/aromatic N) is 1. The number of halogens is 5. The van der Waals surface area contributed by atoms with E-state index in [-0.39, 0.29) is 53.3 Å². The van der Waals surface area contributed by atoms with Crippen LogP contribution in [0.5, 0.6) is 0 Å². The number of amides is 1. The first kappa shape index (κ1) is 23.8. The smallest absolute Gasteiger partial charge is 0.352 e. The van der Waals surface area contributed by atoms with Gasteiger partial charge >= 0.3 is 6.18 Å². The molecule has 1 aliphatic heterocycles. The lowest BCUT2D eigenvalue weighted by Gasteiger charge is -2.30. The molecule has 0 aliphatic carbocycles. The highest BCUT2D eigenvalue weighted by atomic mass is 35.5. The Morgan fingerprint density at radius 1 is 1.10 bits per heavy atom. The van der Waals surface area contributed by atoms with Gasteiger partial charge in [0.1, 0.15) is 4.90 Å². The summed E-state index contributed by atoms with van der Waals surface area (Å²) in [6.45, 7) is 0.193. The zero-order valence-corrected chi connectivity index (χ0v) is 18.5. The van der Waals surface area contributed by atoms with Crippen LogP contribution in [-0.4, -0.2) is 31.7 Å². The van der Waals surface area contributed by atoms with Crippen LogP contribution in [0.3, 0.4) is 0 Å². The van der Waals surface area contributed by atoms with Crippen molar-refractivity contribution in [2.45, 2.75) is 30.5 Å². The third kappa shape index (κ3) is 5.71. The molecule has 2 aromatic carbocycles. The summed E-state index contributed by atoms with van der Waals surface area (Å²) in [5.41, 5.74) is -0.448. The summed E-state index contributed by atoms with van der Waals surface area (Å²) < 4.78 is 65.4. The summed E-state index contributed by atoms with van der Waals surface area (Å²) in [7, 11) is -3.86. The Morgan fingerprint density at radius 3 is 2.42 bits per heavy atom. The molecule has 0 radical (unpaired) electrons. The van der Waals surface area contributed by atoms with E-state index in [1.54, 1.807) is 0 Å². The molecule has 3 rings (SSSR count). The highest BCUT2D eigenvalue weighted by molar-refractivity contribution is 7.89. The maximum atomic E-state index is 12.9. The normalized spacial score (nSPS) is 16.3. The molecule has 1 N–H and O–H groups in total. The van der Waals surface area contributed by atoms with Gasteiger partial charge in [-0.25, -0.2) is 8.42 Å². The predicted molar refractivity (Wildman–Crippen MR) is 111 cm³/mol. The fourth-order valence-corrected chi connectivity index (χ4v) is 5.57. The summed E-state index contributed by atoms with van der Waals surface area (Å²) >= 11 is 11.9. The number of carbonyl (C=O) groups excluding carboxylic acids is 1. The molecular weight excluding hydrogens is 476 g/mol. The molecule has 11 heteroatoms. The van der Waals surface area contributed by atoms with Gasteiger partial charge in [-0.05, 0) is 48.7 Å². The van der Waals surface area contributed by atoms with Gasteiger partial charge in [-0.3, -0.25) is 4.79 Å². The minimum atomic E-state index is -4.45. The molecule has 1 amide bonds. The Morgan fingerprint density at radius 2 is 1.77 bits per heavy atom. The summed E-state index contributed by atoms with van der Waals surface area (Å²) in [4.78, 5) is 12.3. The minimum absolute atomic E-state index is 0.0423. The van der Waals surface area contributed by atoms with Crippen LogP contribution in [0, 0.1) is 5.92 Å². The van der Waals surface area contributed by atoms with E-state index in [0.29, 0.717) is 5.56 Å². The van der Waals surface area contributed by atoms with E-state index in [0.717, 1.165) is 12.1 Å². The van der Waals surface area contributed by atoms with Gasteiger partial charge in [-0.1, -0.05) is 35.3 Å². The van der Waals surface area contributed by atoms with Crippen LogP contribution in [0.4, 0.5) is 13.2 Å². The first-order valence-electron chi connectivity index (χ1n) is 9.37. The van der Waals surface area contributed by atoms with E-state index in [1.165, 1.54) is 34.6 Å². The quantitative estimate of drug-likeness (QED) is 0.653. The Balaban J connectivity index is 1.58. The van der Waals surface area contributed by atoms with E-state index < -0.39 is 27.7 Å². The largest absolute Gasteiger partial charge is 0.416 e. The van der Waals surface area contributed by atoms with E-state index in [2.05, 4.69) is 5.32 Å². The molecule has 0 aromatic heterocycles. The number of carbonyl (C=O) groups is 1. The third-order valence-corrected chi connectivity index (χ3v) is 7.67. The van der Waals surface area contributed by atoms with Gasteiger partial charge < -0.3 is 5.32 Å². The van der Waals surface area contributed by atoms with Crippen molar-refractivity contribution in [2.75, 3.05) is 13.1 Å². The lowest BCUT2D eigenvalue weighted by molar-refractivity contribution is -0.137. The number of benzene rings is 2. The second-order valence-corrected chi connectivity index (χ2v) is 9.92. The number of alkyl halides is 3. The summed E-state index contributed by atoms with van der Waals surface area (Å²) in [5.74, 6) is -0.762. The third-order valence-electron chi connectivity index (χ3n) is 5.06. The summed E-state index contributed by atoms with van der Waals surface area (Å²) in [6, 6.07) is 8.92. The average Bonchev–Trinajstić information content (AvgIpc) is 2.73. The standard InChI is InChI=1S/C20H19Cl2F3N2O3S/c21-16-4-5-17(22)18(11-16)31(29,30)27-8-6-14(7-9-27)19(28)26-12-13-2-1-3-15(10-13)20(23,24)25/h1-5,10-11,14H,6-9,12H2,(H,26,28). The Hall–Kier alpha value is -1.81. The van der Waals surface area contributed by atoms with E-state index >= 15 is 0 Å². The van der Waals surface area contributed by atoms with Gasteiger partial charge in [0.15, 0.2) is 0 Å². The van der Waals surface area contributed by atoms with E-state index in [9.17, 15) is 26.4 Å². The number of hydrogen-bond acceptors (Lipinski definition) is 3. The van der Waals surface area contributed by atoms with E-state index in [1.807, 2.05) is 0 Å². The van der Waals surface area contributed by atoms with E-state index in [4.69, 9.17) is 23.2 Å². The fraction of sp³-hybridized carbons (Fsp3) is 0.350. The van der Waals surface area contributed by atoms with Gasteiger partial charge in [-0.15, -0.1) is 0 Å². The molecule has 31 heavy (non-hydrogen) atoms. The number of piperidine rings is 1. The molecule has 0 atom stereocenters. The van der Waals surface area contributed by atoms with Crippen LogP contribution < -0.4 is 5.32 Å². The molecule has 5 nitrogen and oxygen atoms in total. The average molecular weight is 495 g/mol. The lowest BCUT2D eigenvalue weighted by atomic mass is 9.97. The highest BCUT2D eigenvalue weighted by Crippen LogP contribution is 2.31. The Kier molecular flexibility index (Phi) is 7.20. The molecule has 168 valence electrons. The molecule has 1 saturated heterocycles. The molecule has 0 saturated carbocycles. The molecule has 2 aromatic rings. The van der Waals surface area contributed by atoms with Gasteiger partial charge in [0.2, 0.25) is 15.9 Å². The van der Waals surface area contributed by atoms with Crippen molar-refractivity contribution in [1.29, 1.82) is 0 Å². The maximum Gasteiger partial charge on any atom is 0.416 e. The SMILES string of the molecule is O=C(NCc1cccc(C(F)(F)F)c1)C1CCN(S(=O)(=O)c2cc(Cl)ccc2Cl)CC1. The molecule has 1 fully saturated rings. The van der Waals surface area contributed by atoms with Gasteiger partial charge in [0.25, 0.3) is 0 Å². The van der Waals surface area contributed by atoms with Crippen molar-refractivity contribution >= 4 is 39.1 Å². The van der Waals surface area contributed by atoms with Crippen molar-refractivity contribution in [3.63, 3.8) is 0 Å².